The van der Waals surface area contributed by atoms with Gasteiger partial charge in [0, 0.05) is 18.5 Å². The normalized spacial score (nSPS) is 11.1. The van der Waals surface area contributed by atoms with Gasteiger partial charge in [-0.15, -0.1) is 0 Å². The number of amides is 2. The Morgan fingerprint density at radius 1 is 1.08 bits per heavy atom. The molecule has 2 aromatic carbocycles. The van der Waals surface area contributed by atoms with Gasteiger partial charge in [-0.2, -0.15) is 13.2 Å². The molecule has 138 valence electrons. The van der Waals surface area contributed by atoms with Crippen LogP contribution in [0.5, 0.6) is 0 Å². The minimum atomic E-state index is -4.59. The molecule has 0 bridgehead atoms. The predicted octanol–water partition coefficient (Wildman–Crippen LogP) is 4.35. The van der Waals surface area contributed by atoms with Crippen LogP contribution in [0.2, 0.25) is 5.02 Å². The van der Waals surface area contributed by atoms with Crippen molar-refractivity contribution in [1.82, 2.24) is 4.90 Å². The summed E-state index contributed by atoms with van der Waals surface area (Å²) in [5.41, 5.74) is -0.548. The number of hydrogen-bond acceptors (Lipinski definition) is 2. The molecule has 2 aromatic rings. The molecule has 2 amide bonds. The van der Waals surface area contributed by atoms with Crippen LogP contribution in [-0.2, 0) is 22.3 Å². The van der Waals surface area contributed by atoms with E-state index in [-0.39, 0.29) is 24.7 Å². The third kappa shape index (κ3) is 5.49. The Labute approximate surface area is 153 Å². The second-order valence-corrected chi connectivity index (χ2v) is 6.03. The van der Waals surface area contributed by atoms with Crippen LogP contribution in [0.25, 0.3) is 0 Å². The Kier molecular flexibility index (Phi) is 6.26. The van der Waals surface area contributed by atoms with Crippen molar-refractivity contribution in [2.75, 3.05) is 11.9 Å². The van der Waals surface area contributed by atoms with Crippen LogP contribution in [0.1, 0.15) is 18.1 Å². The maximum atomic E-state index is 13.0. The van der Waals surface area contributed by atoms with Crippen LogP contribution in [0.4, 0.5) is 18.9 Å². The molecule has 0 saturated carbocycles. The highest BCUT2D eigenvalue weighted by Gasteiger charge is 2.33. The first-order valence-corrected chi connectivity index (χ1v) is 8.00. The highest BCUT2D eigenvalue weighted by Crippen LogP contribution is 2.34. The van der Waals surface area contributed by atoms with Gasteiger partial charge in [-0.1, -0.05) is 35.9 Å². The molecule has 0 aliphatic rings. The van der Waals surface area contributed by atoms with Gasteiger partial charge in [-0.25, -0.2) is 0 Å². The molecule has 1 N–H and O–H groups in total. The number of carbonyl (C=O) groups is 2. The van der Waals surface area contributed by atoms with Crippen molar-refractivity contribution in [1.29, 1.82) is 0 Å². The van der Waals surface area contributed by atoms with Crippen molar-refractivity contribution in [3.8, 4) is 0 Å². The fourth-order valence-electron chi connectivity index (χ4n) is 2.29. The van der Waals surface area contributed by atoms with Gasteiger partial charge in [0.05, 0.1) is 11.3 Å². The van der Waals surface area contributed by atoms with Crippen LogP contribution in [0.15, 0.2) is 48.5 Å². The molecule has 0 spiro atoms. The molecule has 0 aliphatic carbocycles. The largest absolute Gasteiger partial charge is 0.418 e. The summed E-state index contributed by atoms with van der Waals surface area (Å²) in [4.78, 5) is 25.2. The summed E-state index contributed by atoms with van der Waals surface area (Å²) in [6.45, 7) is 1.05. The summed E-state index contributed by atoms with van der Waals surface area (Å²) in [6, 6.07) is 11.4. The maximum Gasteiger partial charge on any atom is 0.418 e. The lowest BCUT2D eigenvalue weighted by Crippen LogP contribution is -2.36. The van der Waals surface area contributed by atoms with Gasteiger partial charge in [0.25, 0.3) is 0 Å². The first kappa shape index (κ1) is 19.8. The fraction of sp³-hybridized carbons (Fsp3) is 0.222. The Hall–Kier alpha value is -2.54. The number of carbonyl (C=O) groups excluding carboxylic acids is 2. The Balaban J connectivity index is 2.09. The van der Waals surface area contributed by atoms with Crippen molar-refractivity contribution >= 4 is 29.1 Å². The molecule has 8 heteroatoms. The van der Waals surface area contributed by atoms with Crippen LogP contribution < -0.4 is 5.32 Å². The van der Waals surface area contributed by atoms with E-state index in [1.807, 2.05) is 0 Å². The van der Waals surface area contributed by atoms with Gasteiger partial charge >= 0.3 is 6.18 Å². The monoisotopic (exact) mass is 384 g/mol. The third-order valence-corrected chi connectivity index (χ3v) is 3.83. The van der Waals surface area contributed by atoms with Crippen molar-refractivity contribution in [3.63, 3.8) is 0 Å². The lowest BCUT2D eigenvalue weighted by molar-refractivity contribution is -0.137. The number of anilines is 1. The quantitative estimate of drug-likeness (QED) is 0.833. The first-order valence-electron chi connectivity index (χ1n) is 7.63. The molecule has 2 rings (SSSR count). The van der Waals surface area contributed by atoms with Gasteiger partial charge in [0.15, 0.2) is 0 Å². The van der Waals surface area contributed by atoms with Gasteiger partial charge in [0.1, 0.15) is 6.54 Å². The third-order valence-electron chi connectivity index (χ3n) is 3.57. The van der Waals surface area contributed by atoms with E-state index in [0.717, 1.165) is 17.7 Å². The molecule has 0 unspecified atom stereocenters. The average Bonchev–Trinajstić information content (AvgIpc) is 2.55. The molecular formula is C18H16ClF3N2O2. The zero-order valence-electron chi connectivity index (χ0n) is 13.8. The van der Waals surface area contributed by atoms with E-state index in [4.69, 9.17) is 11.6 Å². The van der Waals surface area contributed by atoms with E-state index in [2.05, 4.69) is 5.32 Å². The summed E-state index contributed by atoms with van der Waals surface area (Å²) in [5.74, 6) is -1.09. The molecule has 4 nitrogen and oxygen atoms in total. The van der Waals surface area contributed by atoms with Gasteiger partial charge in [0.2, 0.25) is 11.8 Å². The van der Waals surface area contributed by atoms with E-state index >= 15 is 0 Å². The number of rotatable bonds is 5. The van der Waals surface area contributed by atoms with Crippen molar-refractivity contribution in [3.05, 3.63) is 64.7 Å². The van der Waals surface area contributed by atoms with E-state index in [0.29, 0.717) is 5.02 Å². The van der Waals surface area contributed by atoms with E-state index in [1.165, 1.54) is 24.0 Å². The Morgan fingerprint density at radius 2 is 1.69 bits per heavy atom. The zero-order chi connectivity index (χ0) is 19.3. The van der Waals surface area contributed by atoms with Gasteiger partial charge in [-0.3, -0.25) is 9.59 Å². The molecule has 0 heterocycles. The number of halogens is 4. The molecule has 0 saturated heterocycles. The number of alkyl halides is 3. The van der Waals surface area contributed by atoms with Crippen LogP contribution >= 0.6 is 11.6 Å². The molecule has 0 radical (unpaired) electrons. The minimum absolute atomic E-state index is 0.140. The van der Waals surface area contributed by atoms with Gasteiger partial charge in [-0.05, 0) is 29.8 Å². The fourth-order valence-corrected chi connectivity index (χ4v) is 2.42. The molecule has 0 atom stereocenters. The summed E-state index contributed by atoms with van der Waals surface area (Å²) in [6.07, 6.45) is -4.59. The minimum Gasteiger partial charge on any atom is -0.329 e. The smallest absolute Gasteiger partial charge is 0.329 e. The Bertz CT molecular complexity index is 792. The van der Waals surface area contributed by atoms with Crippen molar-refractivity contribution in [2.45, 2.75) is 19.6 Å². The lowest BCUT2D eigenvalue weighted by Gasteiger charge is -2.21. The number of nitrogens with zero attached hydrogens (tertiary/aromatic N) is 1. The number of benzene rings is 2. The van der Waals surface area contributed by atoms with Crippen molar-refractivity contribution in [2.24, 2.45) is 0 Å². The van der Waals surface area contributed by atoms with E-state index < -0.39 is 17.6 Å². The SMILES string of the molecule is CC(=O)N(CC(=O)Nc1ccccc1C(F)(F)F)Cc1ccc(Cl)cc1. The van der Waals surface area contributed by atoms with E-state index in [9.17, 15) is 22.8 Å². The van der Waals surface area contributed by atoms with Crippen LogP contribution in [-0.4, -0.2) is 23.3 Å². The van der Waals surface area contributed by atoms with Crippen molar-refractivity contribution < 1.29 is 22.8 Å². The molecule has 0 fully saturated rings. The maximum absolute atomic E-state index is 13.0. The highest BCUT2D eigenvalue weighted by atomic mass is 35.5. The molecule has 0 aliphatic heterocycles. The topological polar surface area (TPSA) is 49.4 Å². The summed E-state index contributed by atoms with van der Waals surface area (Å²) in [7, 11) is 0. The van der Waals surface area contributed by atoms with Crippen LogP contribution in [0, 0.1) is 0 Å². The second kappa shape index (κ2) is 8.23. The molecular weight excluding hydrogens is 369 g/mol. The summed E-state index contributed by atoms with van der Waals surface area (Å²) < 4.78 is 38.9. The highest BCUT2D eigenvalue weighted by molar-refractivity contribution is 6.30. The number of nitrogens with one attached hydrogen (secondary N) is 1. The first-order chi connectivity index (χ1) is 12.2. The molecule has 0 aromatic heterocycles. The lowest BCUT2D eigenvalue weighted by atomic mass is 10.1. The van der Waals surface area contributed by atoms with Gasteiger partial charge < -0.3 is 10.2 Å². The number of hydrogen-bond donors (Lipinski definition) is 1. The Morgan fingerprint density at radius 3 is 2.27 bits per heavy atom. The summed E-state index contributed by atoms with van der Waals surface area (Å²) >= 11 is 5.80. The molecule has 26 heavy (non-hydrogen) atoms. The standard InChI is InChI=1S/C18H16ClF3N2O2/c1-12(25)24(10-13-6-8-14(19)9-7-13)11-17(26)23-16-5-3-2-4-15(16)18(20,21)22/h2-9H,10-11H2,1H3,(H,23,26). The average molecular weight is 385 g/mol. The van der Waals surface area contributed by atoms with E-state index in [1.54, 1.807) is 24.3 Å². The van der Waals surface area contributed by atoms with Crippen LogP contribution in [0.3, 0.4) is 0 Å². The predicted molar refractivity (Wildman–Crippen MR) is 92.6 cm³/mol. The second-order valence-electron chi connectivity index (χ2n) is 5.59. The zero-order valence-corrected chi connectivity index (χ0v) is 14.6. The summed E-state index contributed by atoms with van der Waals surface area (Å²) in [5, 5.41) is 2.76. The number of para-hydroxylation sites is 1.